The highest BCUT2D eigenvalue weighted by molar-refractivity contribution is 7.00. The summed E-state index contributed by atoms with van der Waals surface area (Å²) in [5.74, 6) is 0. The van der Waals surface area contributed by atoms with Crippen LogP contribution in [-0.2, 0) is 37.9 Å². The zero-order valence-corrected chi connectivity index (χ0v) is 44.2. The molecule has 0 fully saturated rings. The number of nitrogens with zero attached hydrogens (tertiary/aromatic N) is 2. The van der Waals surface area contributed by atoms with E-state index in [1.54, 1.807) is 0 Å². The Labute approximate surface area is 415 Å². The molecule has 68 heavy (non-hydrogen) atoms. The van der Waals surface area contributed by atoms with E-state index in [9.17, 15) is 4.11 Å². The molecule has 5 aliphatic rings. The number of rotatable bonds is 3. The van der Waals surface area contributed by atoms with Gasteiger partial charge in [0.25, 0.3) is 6.71 Å². The zero-order valence-electron chi connectivity index (χ0n) is 47.2. The van der Waals surface area contributed by atoms with Crippen LogP contribution < -0.4 is 26.2 Å². The lowest BCUT2D eigenvalue weighted by Crippen LogP contribution is -2.62. The second kappa shape index (κ2) is 14.3. The summed E-state index contributed by atoms with van der Waals surface area (Å²) in [7, 11) is 0. The van der Waals surface area contributed by atoms with Crippen molar-refractivity contribution in [3.8, 4) is 11.1 Å². The molecule has 350 valence electrons. The lowest BCUT2D eigenvalue weighted by atomic mass is 9.32. The fourth-order valence-electron chi connectivity index (χ4n) is 14.0. The fourth-order valence-corrected chi connectivity index (χ4v) is 14.0. The van der Waals surface area contributed by atoms with E-state index >= 15 is 0 Å². The standard InChI is InChI=1S/C65H77BN2/c1-39-29-56-58-57(30-39)68(53-35-47-44(31-40(53)2)60(6,7)25-27-62(47,10)11)55-37-49-46(64(14,15)38-65(49,16)17)34-51(55)66(58)50-33-45-48(63(12,13)28-26-61(45,8)9)36-54(50)67(56)52-24-23-42(59(3,4)5)32-43(52)41-21-19-18-20-22-41/h18-24,29-37H,25-28,38H2,1-17H3/i1D3. The lowest BCUT2D eigenvalue weighted by Gasteiger charge is -2.48. The van der Waals surface area contributed by atoms with Crippen LogP contribution in [0, 0.1) is 13.8 Å². The van der Waals surface area contributed by atoms with Gasteiger partial charge in [-0.15, -0.1) is 0 Å². The van der Waals surface area contributed by atoms with Crippen molar-refractivity contribution < 1.29 is 4.11 Å². The van der Waals surface area contributed by atoms with Gasteiger partial charge in [-0.1, -0.05) is 158 Å². The van der Waals surface area contributed by atoms with Crippen LogP contribution in [0.15, 0.2) is 97.1 Å². The average Bonchev–Trinajstić information content (AvgIpc) is 3.46. The second-order valence-electron chi connectivity index (χ2n) is 27.0. The van der Waals surface area contributed by atoms with Crippen molar-refractivity contribution in [3.63, 3.8) is 0 Å². The van der Waals surface area contributed by atoms with Crippen LogP contribution in [0.3, 0.4) is 0 Å². The Morgan fingerprint density at radius 2 is 0.912 bits per heavy atom. The summed E-state index contributed by atoms with van der Waals surface area (Å²) in [6.07, 6.45) is 5.51. The molecule has 2 aliphatic heterocycles. The monoisotopic (exact) mass is 900 g/mol. The van der Waals surface area contributed by atoms with E-state index in [0.29, 0.717) is 5.56 Å². The summed E-state index contributed by atoms with van der Waals surface area (Å²) < 4.78 is 27.9. The Morgan fingerprint density at radius 3 is 1.41 bits per heavy atom. The molecule has 0 atom stereocenters. The van der Waals surface area contributed by atoms with Crippen molar-refractivity contribution in [2.45, 2.75) is 188 Å². The first-order chi connectivity index (χ1) is 32.8. The summed E-state index contributed by atoms with van der Waals surface area (Å²) in [6, 6.07) is 37.3. The maximum atomic E-state index is 9.31. The van der Waals surface area contributed by atoms with Gasteiger partial charge in [-0.05, 0) is 198 Å². The summed E-state index contributed by atoms with van der Waals surface area (Å²) in [4.78, 5) is 5.03. The van der Waals surface area contributed by atoms with Crippen molar-refractivity contribution in [1.82, 2.24) is 0 Å². The number of benzene rings is 6. The van der Waals surface area contributed by atoms with Crippen LogP contribution in [-0.4, -0.2) is 6.71 Å². The minimum atomic E-state index is -2.37. The van der Waals surface area contributed by atoms with E-state index in [2.05, 4.69) is 218 Å². The molecule has 2 heterocycles. The molecule has 3 aliphatic carbocycles. The van der Waals surface area contributed by atoms with Crippen molar-refractivity contribution in [1.29, 1.82) is 0 Å². The van der Waals surface area contributed by atoms with Crippen LogP contribution in [0.2, 0.25) is 0 Å². The summed E-state index contributed by atoms with van der Waals surface area (Å²) in [5, 5.41) is 0. The predicted molar refractivity (Wildman–Crippen MR) is 295 cm³/mol. The van der Waals surface area contributed by atoms with Gasteiger partial charge in [-0.25, -0.2) is 0 Å². The third-order valence-corrected chi connectivity index (χ3v) is 18.1. The van der Waals surface area contributed by atoms with Gasteiger partial charge in [0.1, 0.15) is 0 Å². The van der Waals surface area contributed by atoms with Crippen molar-refractivity contribution in [2.75, 3.05) is 9.80 Å². The highest BCUT2D eigenvalue weighted by atomic mass is 15.2. The molecule has 0 radical (unpaired) electrons. The van der Waals surface area contributed by atoms with Crippen LogP contribution in [0.4, 0.5) is 34.1 Å². The summed E-state index contributed by atoms with van der Waals surface area (Å²) in [5.41, 5.74) is 23.6. The van der Waals surface area contributed by atoms with Gasteiger partial charge in [0.15, 0.2) is 0 Å². The van der Waals surface area contributed by atoms with E-state index in [1.807, 2.05) is 0 Å². The van der Waals surface area contributed by atoms with Gasteiger partial charge in [-0.3, -0.25) is 0 Å². The van der Waals surface area contributed by atoms with Crippen molar-refractivity contribution in [3.05, 3.63) is 147 Å². The largest absolute Gasteiger partial charge is 0.311 e. The molecule has 0 unspecified atom stereocenters. The molecule has 0 N–H and O–H groups in total. The number of anilines is 6. The van der Waals surface area contributed by atoms with Gasteiger partial charge in [0.2, 0.25) is 0 Å². The van der Waals surface area contributed by atoms with Crippen molar-refractivity contribution in [2.24, 2.45) is 0 Å². The first-order valence-electron chi connectivity index (χ1n) is 27.3. The van der Waals surface area contributed by atoms with E-state index in [-0.39, 0.29) is 44.6 Å². The van der Waals surface area contributed by atoms with Crippen LogP contribution in [0.25, 0.3) is 11.1 Å². The van der Waals surface area contributed by atoms with Crippen LogP contribution in [0.5, 0.6) is 0 Å². The van der Waals surface area contributed by atoms with E-state index in [1.165, 1.54) is 66.6 Å². The molecule has 0 saturated carbocycles. The number of aryl methyl sites for hydroxylation is 2. The normalized spacial score (nSPS) is 21.3. The third kappa shape index (κ3) is 6.63. The number of hydrogen-bond donors (Lipinski definition) is 0. The first-order valence-corrected chi connectivity index (χ1v) is 25.8. The molecule has 0 aromatic heterocycles. The molecule has 6 aromatic rings. The molecular weight excluding hydrogens is 820 g/mol. The lowest BCUT2D eigenvalue weighted by molar-refractivity contribution is 0.332. The molecule has 2 nitrogen and oxygen atoms in total. The summed E-state index contributed by atoms with van der Waals surface area (Å²) >= 11 is 0. The Balaban J connectivity index is 1.33. The van der Waals surface area contributed by atoms with E-state index in [4.69, 9.17) is 0 Å². The van der Waals surface area contributed by atoms with Gasteiger partial charge < -0.3 is 9.80 Å². The Morgan fingerprint density at radius 1 is 0.471 bits per heavy atom. The minimum Gasteiger partial charge on any atom is -0.311 e. The average molecular weight is 900 g/mol. The van der Waals surface area contributed by atoms with Crippen LogP contribution in [0.1, 0.15) is 190 Å². The molecule has 6 aromatic carbocycles. The molecule has 0 bridgehead atoms. The van der Waals surface area contributed by atoms with Crippen molar-refractivity contribution >= 4 is 57.2 Å². The van der Waals surface area contributed by atoms with Gasteiger partial charge >= 0.3 is 0 Å². The molecular formula is C65H77BN2. The maximum Gasteiger partial charge on any atom is 0.252 e. The van der Waals surface area contributed by atoms with Gasteiger partial charge in [0, 0.05) is 38.1 Å². The third-order valence-electron chi connectivity index (χ3n) is 18.1. The van der Waals surface area contributed by atoms with Gasteiger partial charge in [-0.2, -0.15) is 0 Å². The molecule has 11 rings (SSSR count). The highest BCUT2D eigenvalue weighted by Crippen LogP contribution is 2.56. The topological polar surface area (TPSA) is 6.48 Å². The predicted octanol–water partition coefficient (Wildman–Crippen LogP) is 16.0. The zero-order chi connectivity index (χ0) is 51.1. The first kappa shape index (κ1) is 41.9. The molecule has 0 spiro atoms. The quantitative estimate of drug-likeness (QED) is 0.163. The molecule has 0 saturated heterocycles. The second-order valence-corrected chi connectivity index (χ2v) is 27.0. The summed E-state index contributed by atoms with van der Waals surface area (Å²) in [6.45, 7) is 35.8. The van der Waals surface area contributed by atoms with Crippen LogP contribution >= 0.6 is 0 Å². The fraction of sp³-hybridized carbons (Fsp3) is 0.446. The van der Waals surface area contributed by atoms with E-state index < -0.39 is 6.85 Å². The highest BCUT2D eigenvalue weighted by Gasteiger charge is 2.50. The number of fused-ring (bicyclic) bond motifs is 7. The Bertz CT molecular complexity index is 3230. The Kier molecular flexibility index (Phi) is 8.81. The molecule has 3 heteroatoms. The van der Waals surface area contributed by atoms with E-state index in [0.717, 1.165) is 71.7 Å². The smallest absolute Gasteiger partial charge is 0.252 e. The SMILES string of the molecule is [2H]C([2H])([2H])c1cc2c3c(c1)N(c1ccc(C(C)(C)C)cc1-c1ccccc1)c1cc4c(cc1B3c1cc3c(cc1N2c1cc2c(cc1C)C(C)(C)CCC2(C)C)C(C)(C)CC3(C)C)C(C)(C)CCC4(C)C. The minimum absolute atomic E-state index is 0.0269. The number of hydrogen-bond acceptors (Lipinski definition) is 2. The maximum absolute atomic E-state index is 9.31. The van der Waals surface area contributed by atoms with Gasteiger partial charge in [0.05, 0.1) is 5.69 Å². The molecule has 0 amide bonds. The Hall–Kier alpha value is -5.02.